The van der Waals surface area contributed by atoms with Gasteiger partial charge in [-0.2, -0.15) is 0 Å². The van der Waals surface area contributed by atoms with Crippen LogP contribution in [0.3, 0.4) is 0 Å². The highest BCUT2D eigenvalue weighted by Gasteiger charge is 2.02. The van der Waals surface area contributed by atoms with Crippen LogP contribution in [-0.4, -0.2) is 12.5 Å². The van der Waals surface area contributed by atoms with Gasteiger partial charge in [0.1, 0.15) is 5.75 Å². The first-order valence-electron chi connectivity index (χ1n) is 7.88. The summed E-state index contributed by atoms with van der Waals surface area (Å²) < 4.78 is 5.68. The van der Waals surface area contributed by atoms with Gasteiger partial charge in [0, 0.05) is 17.3 Å². The highest BCUT2D eigenvalue weighted by Crippen LogP contribution is 2.20. The molecule has 0 saturated heterocycles. The zero-order valence-electron chi connectivity index (χ0n) is 13.9. The molecule has 0 aliphatic carbocycles. The van der Waals surface area contributed by atoms with E-state index < -0.39 is 0 Å². The second-order valence-electron chi connectivity index (χ2n) is 5.51. The molecule has 120 valence electrons. The van der Waals surface area contributed by atoms with Crippen LogP contribution in [0.15, 0.2) is 48.5 Å². The lowest BCUT2D eigenvalue weighted by molar-refractivity contribution is -0.111. The first-order chi connectivity index (χ1) is 11.1. The Morgan fingerprint density at radius 3 is 2.65 bits per heavy atom. The van der Waals surface area contributed by atoms with Gasteiger partial charge in [-0.3, -0.25) is 4.79 Å². The molecule has 0 atom stereocenters. The summed E-state index contributed by atoms with van der Waals surface area (Å²) in [6, 6.07) is 13.6. The third-order valence-corrected chi connectivity index (χ3v) is 3.57. The molecule has 3 nitrogen and oxygen atoms in total. The Morgan fingerprint density at radius 2 is 1.91 bits per heavy atom. The molecule has 2 aromatic rings. The van der Waals surface area contributed by atoms with Crippen molar-refractivity contribution >= 4 is 17.7 Å². The molecule has 1 amide bonds. The van der Waals surface area contributed by atoms with Crippen LogP contribution in [0.4, 0.5) is 5.69 Å². The summed E-state index contributed by atoms with van der Waals surface area (Å²) in [5.41, 5.74) is 4.07. The second-order valence-corrected chi connectivity index (χ2v) is 5.51. The molecule has 0 aromatic heterocycles. The lowest BCUT2D eigenvalue weighted by atomic mass is 10.1. The Hall–Kier alpha value is -2.55. The molecule has 3 heteroatoms. The van der Waals surface area contributed by atoms with Gasteiger partial charge in [0.15, 0.2) is 0 Å². The van der Waals surface area contributed by atoms with E-state index in [1.54, 1.807) is 6.08 Å². The van der Waals surface area contributed by atoms with E-state index in [4.69, 9.17) is 4.74 Å². The molecule has 0 unspecified atom stereocenters. The van der Waals surface area contributed by atoms with Crippen molar-refractivity contribution in [1.29, 1.82) is 0 Å². The van der Waals surface area contributed by atoms with Crippen LogP contribution in [0.2, 0.25) is 0 Å². The molecular weight excluding hydrogens is 286 g/mol. The topological polar surface area (TPSA) is 38.3 Å². The minimum Gasteiger partial charge on any atom is -0.493 e. The quantitative estimate of drug-likeness (QED) is 0.782. The second kappa shape index (κ2) is 8.18. The maximum atomic E-state index is 12.1. The monoisotopic (exact) mass is 309 g/mol. The van der Waals surface area contributed by atoms with E-state index in [9.17, 15) is 4.79 Å². The summed E-state index contributed by atoms with van der Waals surface area (Å²) in [6.07, 6.45) is 4.26. The smallest absolute Gasteiger partial charge is 0.248 e. The molecular formula is C20H23NO2. The summed E-state index contributed by atoms with van der Waals surface area (Å²) in [5.74, 6) is 0.642. The van der Waals surface area contributed by atoms with Gasteiger partial charge in [-0.15, -0.1) is 0 Å². The number of nitrogens with one attached hydrogen (secondary N) is 1. The molecule has 23 heavy (non-hydrogen) atoms. The number of carbonyl (C=O) groups excluding carboxylic acids is 1. The average molecular weight is 309 g/mol. The van der Waals surface area contributed by atoms with E-state index >= 15 is 0 Å². The average Bonchev–Trinajstić information content (AvgIpc) is 2.55. The summed E-state index contributed by atoms with van der Waals surface area (Å²) in [5, 5.41) is 2.88. The predicted octanol–water partition coefficient (Wildman–Crippen LogP) is 4.74. The van der Waals surface area contributed by atoms with Crippen LogP contribution in [0, 0.1) is 13.8 Å². The third kappa shape index (κ3) is 4.99. The lowest BCUT2D eigenvalue weighted by Crippen LogP contribution is -2.08. The SMILES string of the molecule is CCCOc1ccccc1/C=C/C(=O)Nc1ccc(C)c(C)c1. The van der Waals surface area contributed by atoms with Crippen molar-refractivity contribution < 1.29 is 9.53 Å². The molecule has 0 aliphatic heterocycles. The van der Waals surface area contributed by atoms with Gasteiger partial charge in [0.05, 0.1) is 6.61 Å². The van der Waals surface area contributed by atoms with E-state index in [0.717, 1.165) is 29.0 Å². The number of anilines is 1. The maximum Gasteiger partial charge on any atom is 0.248 e. The lowest BCUT2D eigenvalue weighted by Gasteiger charge is -2.08. The van der Waals surface area contributed by atoms with Crippen LogP contribution >= 0.6 is 0 Å². The van der Waals surface area contributed by atoms with Crippen LogP contribution in [-0.2, 0) is 4.79 Å². The van der Waals surface area contributed by atoms with Crippen molar-refractivity contribution in [1.82, 2.24) is 0 Å². The van der Waals surface area contributed by atoms with Gasteiger partial charge in [-0.05, 0) is 55.7 Å². The Morgan fingerprint density at radius 1 is 1.13 bits per heavy atom. The molecule has 0 spiro atoms. The van der Waals surface area contributed by atoms with E-state index in [-0.39, 0.29) is 5.91 Å². The summed E-state index contributed by atoms with van der Waals surface area (Å²) in [7, 11) is 0. The number of rotatable bonds is 6. The molecule has 0 bridgehead atoms. The van der Waals surface area contributed by atoms with Crippen molar-refractivity contribution in [3.63, 3.8) is 0 Å². The molecule has 0 saturated carbocycles. The molecule has 1 N–H and O–H groups in total. The Balaban J connectivity index is 2.04. The van der Waals surface area contributed by atoms with Crippen LogP contribution in [0.1, 0.15) is 30.0 Å². The Kier molecular flexibility index (Phi) is 5.98. The number of hydrogen-bond donors (Lipinski definition) is 1. The predicted molar refractivity (Wildman–Crippen MR) is 95.8 cm³/mol. The number of carbonyl (C=O) groups is 1. The fourth-order valence-electron chi connectivity index (χ4n) is 2.13. The number of ether oxygens (including phenoxy) is 1. The number of benzene rings is 2. The summed E-state index contributed by atoms with van der Waals surface area (Å²) >= 11 is 0. The van der Waals surface area contributed by atoms with Gasteiger partial charge < -0.3 is 10.1 Å². The van der Waals surface area contributed by atoms with Crippen LogP contribution in [0.25, 0.3) is 6.08 Å². The van der Waals surface area contributed by atoms with Gasteiger partial charge in [-0.1, -0.05) is 31.2 Å². The molecule has 0 radical (unpaired) electrons. The first kappa shape index (κ1) is 16.8. The number of aryl methyl sites for hydroxylation is 2. The highest BCUT2D eigenvalue weighted by atomic mass is 16.5. The fourth-order valence-corrected chi connectivity index (χ4v) is 2.13. The number of hydrogen-bond acceptors (Lipinski definition) is 2. The van der Waals surface area contributed by atoms with E-state index in [2.05, 4.69) is 12.2 Å². The molecule has 2 aromatic carbocycles. The van der Waals surface area contributed by atoms with Gasteiger partial charge in [0.2, 0.25) is 5.91 Å². The molecule has 2 rings (SSSR count). The highest BCUT2D eigenvalue weighted by molar-refractivity contribution is 6.02. The minimum atomic E-state index is -0.154. The largest absolute Gasteiger partial charge is 0.493 e. The molecule has 0 fully saturated rings. The fraction of sp³-hybridized carbons (Fsp3) is 0.250. The van der Waals surface area contributed by atoms with Crippen molar-refractivity contribution in [2.45, 2.75) is 27.2 Å². The number of para-hydroxylation sites is 1. The molecule has 0 heterocycles. The summed E-state index contributed by atoms with van der Waals surface area (Å²) in [6.45, 7) is 6.81. The standard InChI is InChI=1S/C20H23NO2/c1-4-13-23-19-8-6-5-7-17(19)10-12-20(22)21-18-11-9-15(2)16(3)14-18/h5-12,14H,4,13H2,1-3H3,(H,21,22)/b12-10+. The van der Waals surface area contributed by atoms with Gasteiger partial charge in [0.25, 0.3) is 0 Å². The van der Waals surface area contributed by atoms with E-state index in [0.29, 0.717) is 6.61 Å². The zero-order chi connectivity index (χ0) is 16.7. The van der Waals surface area contributed by atoms with Crippen LogP contribution in [0.5, 0.6) is 5.75 Å². The third-order valence-electron chi connectivity index (χ3n) is 3.57. The van der Waals surface area contributed by atoms with E-state index in [1.165, 1.54) is 11.6 Å². The Labute approximate surface area is 138 Å². The van der Waals surface area contributed by atoms with Crippen molar-refractivity contribution in [3.05, 3.63) is 65.2 Å². The van der Waals surface area contributed by atoms with Gasteiger partial charge >= 0.3 is 0 Å². The Bertz CT molecular complexity index is 705. The van der Waals surface area contributed by atoms with Crippen molar-refractivity contribution in [2.75, 3.05) is 11.9 Å². The summed E-state index contributed by atoms with van der Waals surface area (Å²) in [4.78, 5) is 12.1. The van der Waals surface area contributed by atoms with Crippen molar-refractivity contribution in [2.24, 2.45) is 0 Å². The van der Waals surface area contributed by atoms with E-state index in [1.807, 2.05) is 56.3 Å². The van der Waals surface area contributed by atoms with Crippen LogP contribution < -0.4 is 10.1 Å². The first-order valence-corrected chi connectivity index (χ1v) is 7.88. The maximum absolute atomic E-state index is 12.1. The molecule has 0 aliphatic rings. The minimum absolute atomic E-state index is 0.154. The zero-order valence-corrected chi connectivity index (χ0v) is 13.9. The number of amides is 1. The normalized spacial score (nSPS) is 10.7. The van der Waals surface area contributed by atoms with Crippen molar-refractivity contribution in [3.8, 4) is 5.75 Å². The van der Waals surface area contributed by atoms with Gasteiger partial charge in [-0.25, -0.2) is 0 Å².